The summed E-state index contributed by atoms with van der Waals surface area (Å²) >= 11 is 9.48. The predicted octanol–water partition coefficient (Wildman–Crippen LogP) is 3.96. The molecule has 0 radical (unpaired) electrons. The minimum atomic E-state index is 0.857. The average Bonchev–Trinajstić information content (AvgIpc) is 2.42. The lowest BCUT2D eigenvalue weighted by Gasteiger charge is -1.99. The molecule has 0 spiro atoms. The van der Waals surface area contributed by atoms with Gasteiger partial charge in [0.15, 0.2) is 5.75 Å². The molecule has 1 heterocycles. The number of thiophene rings is 1. The van der Waals surface area contributed by atoms with Crippen molar-refractivity contribution in [2.75, 3.05) is 7.11 Å². The number of hydrogen-bond acceptors (Lipinski definition) is 3. The topological polar surface area (TPSA) is 9.23 Å². The Morgan fingerprint density at radius 1 is 1.46 bits per heavy atom. The minimum absolute atomic E-state index is 0.857. The summed E-state index contributed by atoms with van der Waals surface area (Å²) < 4.78 is 8.45. The van der Waals surface area contributed by atoms with Gasteiger partial charge in [-0.2, -0.15) is 0 Å². The Bertz CT molecular complexity index is 450. The fourth-order valence-corrected chi connectivity index (χ4v) is 3.37. The quantitative estimate of drug-likeness (QED) is 0.775. The van der Waals surface area contributed by atoms with E-state index in [-0.39, 0.29) is 0 Å². The molecule has 13 heavy (non-hydrogen) atoms. The molecule has 2 aromatic rings. The Hall–Kier alpha value is -0.190. The van der Waals surface area contributed by atoms with Crippen LogP contribution in [0, 0.1) is 0 Å². The standard InChI is InChI=1S/C9H7BrOS2/c1-11-8-7-5(10)3-2-4-6(7)13-9(8)12/h2-4,12H,1H3. The van der Waals surface area contributed by atoms with Crippen molar-refractivity contribution in [2.24, 2.45) is 0 Å². The van der Waals surface area contributed by atoms with Gasteiger partial charge in [-0.15, -0.1) is 24.0 Å². The van der Waals surface area contributed by atoms with Gasteiger partial charge >= 0.3 is 0 Å². The summed E-state index contributed by atoms with van der Waals surface area (Å²) in [7, 11) is 1.67. The zero-order valence-corrected chi connectivity index (χ0v) is 10.2. The molecule has 0 saturated carbocycles. The number of rotatable bonds is 1. The number of thiol groups is 1. The van der Waals surface area contributed by atoms with Gasteiger partial charge in [-0.05, 0) is 28.1 Å². The zero-order chi connectivity index (χ0) is 9.42. The van der Waals surface area contributed by atoms with E-state index in [9.17, 15) is 0 Å². The second-order valence-corrected chi connectivity index (χ2v) is 5.21. The number of methoxy groups -OCH3 is 1. The lowest BCUT2D eigenvalue weighted by molar-refractivity contribution is 0.413. The molecule has 0 bridgehead atoms. The van der Waals surface area contributed by atoms with E-state index in [4.69, 9.17) is 4.74 Å². The van der Waals surface area contributed by atoms with Crippen LogP contribution in [0.5, 0.6) is 5.75 Å². The van der Waals surface area contributed by atoms with E-state index in [2.05, 4.69) is 34.6 Å². The van der Waals surface area contributed by atoms with E-state index >= 15 is 0 Å². The van der Waals surface area contributed by atoms with Gasteiger partial charge in [-0.1, -0.05) is 6.07 Å². The number of fused-ring (bicyclic) bond motifs is 1. The molecule has 0 unspecified atom stereocenters. The first-order valence-electron chi connectivity index (χ1n) is 3.68. The lowest BCUT2D eigenvalue weighted by atomic mass is 10.2. The monoisotopic (exact) mass is 274 g/mol. The molecule has 0 aliphatic carbocycles. The van der Waals surface area contributed by atoms with Crippen LogP contribution in [-0.2, 0) is 0 Å². The first kappa shape index (κ1) is 9.37. The molecule has 1 nitrogen and oxygen atoms in total. The summed E-state index contributed by atoms with van der Waals surface area (Å²) in [6.45, 7) is 0. The van der Waals surface area contributed by atoms with E-state index < -0.39 is 0 Å². The van der Waals surface area contributed by atoms with Gasteiger partial charge < -0.3 is 4.74 Å². The van der Waals surface area contributed by atoms with Crippen LogP contribution >= 0.6 is 39.9 Å². The van der Waals surface area contributed by atoms with Crippen LogP contribution in [0.25, 0.3) is 10.1 Å². The highest BCUT2D eigenvalue weighted by Gasteiger charge is 2.11. The third-order valence-electron chi connectivity index (χ3n) is 1.81. The van der Waals surface area contributed by atoms with Gasteiger partial charge in [-0.25, -0.2) is 0 Å². The van der Waals surface area contributed by atoms with Crippen LogP contribution in [0.15, 0.2) is 26.9 Å². The maximum atomic E-state index is 5.28. The second-order valence-electron chi connectivity index (χ2n) is 2.55. The van der Waals surface area contributed by atoms with E-state index in [0.717, 1.165) is 19.8 Å². The molecule has 0 N–H and O–H groups in total. The Balaban J connectivity index is 2.88. The van der Waals surface area contributed by atoms with Gasteiger partial charge in [0.2, 0.25) is 0 Å². The molecule has 0 amide bonds. The molecule has 0 atom stereocenters. The van der Waals surface area contributed by atoms with Gasteiger partial charge in [0, 0.05) is 9.17 Å². The Morgan fingerprint density at radius 3 is 2.92 bits per heavy atom. The number of ether oxygens (including phenoxy) is 1. The second kappa shape index (κ2) is 3.52. The minimum Gasteiger partial charge on any atom is -0.494 e. The van der Waals surface area contributed by atoms with Crippen molar-refractivity contribution in [3.63, 3.8) is 0 Å². The molecule has 4 heteroatoms. The lowest BCUT2D eigenvalue weighted by Crippen LogP contribution is -1.81. The van der Waals surface area contributed by atoms with Gasteiger partial charge in [-0.3, -0.25) is 0 Å². The van der Waals surface area contributed by atoms with Crippen molar-refractivity contribution in [3.8, 4) is 5.75 Å². The average molecular weight is 275 g/mol. The van der Waals surface area contributed by atoms with Gasteiger partial charge in [0.25, 0.3) is 0 Å². The number of benzene rings is 1. The first-order valence-corrected chi connectivity index (χ1v) is 5.73. The summed E-state index contributed by atoms with van der Waals surface area (Å²) in [6, 6.07) is 6.08. The van der Waals surface area contributed by atoms with E-state index in [1.807, 2.05) is 12.1 Å². The van der Waals surface area contributed by atoms with Crippen LogP contribution in [0.3, 0.4) is 0 Å². The van der Waals surface area contributed by atoms with Crippen molar-refractivity contribution in [1.29, 1.82) is 0 Å². The SMILES string of the molecule is COc1c(S)sc2cccc(Br)c12. The van der Waals surface area contributed by atoms with Crippen molar-refractivity contribution >= 4 is 50.0 Å². The molecule has 1 aromatic carbocycles. The Morgan fingerprint density at radius 2 is 2.23 bits per heavy atom. The first-order chi connectivity index (χ1) is 6.24. The van der Waals surface area contributed by atoms with Crippen LogP contribution in [0.2, 0.25) is 0 Å². The van der Waals surface area contributed by atoms with E-state index in [1.54, 1.807) is 18.4 Å². The summed E-state index contributed by atoms with van der Waals surface area (Å²) in [6.07, 6.45) is 0. The maximum Gasteiger partial charge on any atom is 0.152 e. The Kier molecular flexibility index (Phi) is 2.53. The predicted molar refractivity (Wildman–Crippen MR) is 63.3 cm³/mol. The zero-order valence-electron chi connectivity index (χ0n) is 6.87. The molecule has 2 rings (SSSR count). The highest BCUT2D eigenvalue weighted by Crippen LogP contribution is 2.43. The third kappa shape index (κ3) is 1.47. The van der Waals surface area contributed by atoms with Crippen molar-refractivity contribution in [2.45, 2.75) is 4.21 Å². The molecule has 0 fully saturated rings. The smallest absolute Gasteiger partial charge is 0.152 e. The van der Waals surface area contributed by atoms with Gasteiger partial charge in [0.05, 0.1) is 12.5 Å². The van der Waals surface area contributed by atoms with Crippen LogP contribution in [-0.4, -0.2) is 7.11 Å². The molecular formula is C9H7BrOS2. The van der Waals surface area contributed by atoms with Crippen LogP contribution < -0.4 is 4.74 Å². The van der Waals surface area contributed by atoms with Crippen LogP contribution in [0.1, 0.15) is 0 Å². The number of hydrogen-bond donors (Lipinski definition) is 1. The number of halogens is 1. The fraction of sp³-hybridized carbons (Fsp3) is 0.111. The molecule has 1 aromatic heterocycles. The molecular weight excluding hydrogens is 268 g/mol. The van der Waals surface area contributed by atoms with E-state index in [1.165, 1.54) is 4.70 Å². The molecule has 0 aliphatic heterocycles. The third-order valence-corrected chi connectivity index (χ3v) is 3.88. The summed E-state index contributed by atoms with van der Waals surface area (Å²) in [5.41, 5.74) is 0. The highest BCUT2D eigenvalue weighted by molar-refractivity contribution is 9.10. The van der Waals surface area contributed by atoms with Crippen LogP contribution in [0.4, 0.5) is 0 Å². The van der Waals surface area contributed by atoms with Crippen molar-refractivity contribution in [3.05, 3.63) is 22.7 Å². The highest BCUT2D eigenvalue weighted by atomic mass is 79.9. The Labute approximate surface area is 94.3 Å². The van der Waals surface area contributed by atoms with E-state index in [0.29, 0.717) is 0 Å². The fourth-order valence-electron chi connectivity index (χ4n) is 1.26. The largest absolute Gasteiger partial charge is 0.494 e. The summed E-state index contributed by atoms with van der Waals surface area (Å²) in [5.74, 6) is 0.857. The normalized spacial score (nSPS) is 10.7. The summed E-state index contributed by atoms with van der Waals surface area (Å²) in [4.78, 5) is 0. The van der Waals surface area contributed by atoms with Crippen molar-refractivity contribution in [1.82, 2.24) is 0 Å². The van der Waals surface area contributed by atoms with Crippen molar-refractivity contribution < 1.29 is 4.74 Å². The maximum absolute atomic E-state index is 5.28. The van der Waals surface area contributed by atoms with Gasteiger partial charge in [0.1, 0.15) is 4.21 Å². The molecule has 0 saturated heterocycles. The molecule has 68 valence electrons. The summed E-state index contributed by atoms with van der Waals surface area (Å²) in [5, 5.41) is 1.11. The molecule has 0 aliphatic rings.